The molecule has 4 heteroatoms. The largest absolute Gasteiger partial charge is 0.506 e. The summed E-state index contributed by atoms with van der Waals surface area (Å²) in [5.74, 6) is 0. The molecule has 0 rings (SSSR count). The maximum Gasteiger partial charge on any atom is 0.506 e. The highest BCUT2D eigenvalue weighted by molar-refractivity contribution is 5.57. The first kappa shape index (κ1) is 14.2. The van der Waals surface area contributed by atoms with Crippen LogP contribution in [0.25, 0.3) is 0 Å². The summed E-state index contributed by atoms with van der Waals surface area (Å²) in [6.45, 7) is 3.88. The Morgan fingerprint density at radius 3 is 2.47 bits per heavy atom. The van der Waals surface area contributed by atoms with Gasteiger partial charge in [0.2, 0.25) is 0 Å². The zero-order chi connectivity index (χ0) is 11.7. The molecule has 0 fully saturated rings. The maximum absolute atomic E-state index is 10.3. The summed E-state index contributed by atoms with van der Waals surface area (Å²) in [5.41, 5.74) is 0. The number of ether oxygens (including phenoxy) is 2. The Balaban J connectivity index is 3.74. The fourth-order valence-electron chi connectivity index (χ4n) is 1.55. The minimum atomic E-state index is -1.24. The van der Waals surface area contributed by atoms with Gasteiger partial charge in [0.15, 0.2) is 0 Å². The van der Waals surface area contributed by atoms with Gasteiger partial charge in [-0.05, 0) is 13.3 Å². The first-order valence-corrected chi connectivity index (χ1v) is 5.54. The van der Waals surface area contributed by atoms with Gasteiger partial charge in [0, 0.05) is 7.11 Å². The molecule has 0 aliphatic carbocycles. The summed E-state index contributed by atoms with van der Waals surface area (Å²) in [6.07, 6.45) is 3.72. The summed E-state index contributed by atoms with van der Waals surface area (Å²) in [6, 6.07) is 0. The van der Waals surface area contributed by atoms with Crippen molar-refractivity contribution in [1.82, 2.24) is 0 Å². The molecule has 2 atom stereocenters. The topological polar surface area (TPSA) is 55.8 Å². The van der Waals surface area contributed by atoms with Crippen LogP contribution in [0.1, 0.15) is 46.0 Å². The van der Waals surface area contributed by atoms with Crippen LogP contribution in [0.4, 0.5) is 4.79 Å². The van der Waals surface area contributed by atoms with Gasteiger partial charge < -0.3 is 14.6 Å². The summed E-state index contributed by atoms with van der Waals surface area (Å²) in [4.78, 5) is 10.3. The van der Waals surface area contributed by atoms with Gasteiger partial charge in [0.1, 0.15) is 6.10 Å². The minimum absolute atomic E-state index is 0.127. The monoisotopic (exact) mass is 218 g/mol. The SMILES string of the molecule is CCCCCCC(OC)C(C)OC(=O)O. The summed E-state index contributed by atoms with van der Waals surface area (Å²) in [7, 11) is 1.59. The Kier molecular flexibility index (Phi) is 8.09. The first-order valence-electron chi connectivity index (χ1n) is 5.54. The number of carbonyl (C=O) groups is 1. The van der Waals surface area contributed by atoms with Crippen LogP contribution in [-0.4, -0.2) is 30.6 Å². The van der Waals surface area contributed by atoms with Gasteiger partial charge in [-0.15, -0.1) is 0 Å². The molecule has 15 heavy (non-hydrogen) atoms. The third-order valence-corrected chi connectivity index (χ3v) is 2.46. The number of methoxy groups -OCH3 is 1. The van der Waals surface area contributed by atoms with Gasteiger partial charge in [0.25, 0.3) is 0 Å². The zero-order valence-corrected chi connectivity index (χ0v) is 9.86. The molecule has 0 saturated carbocycles. The van der Waals surface area contributed by atoms with E-state index in [1.54, 1.807) is 14.0 Å². The van der Waals surface area contributed by atoms with Gasteiger partial charge in [-0.25, -0.2) is 4.79 Å². The van der Waals surface area contributed by atoms with Gasteiger partial charge >= 0.3 is 6.16 Å². The molecular weight excluding hydrogens is 196 g/mol. The molecule has 2 unspecified atom stereocenters. The van der Waals surface area contributed by atoms with E-state index >= 15 is 0 Å². The number of unbranched alkanes of at least 4 members (excludes halogenated alkanes) is 3. The van der Waals surface area contributed by atoms with Crippen LogP contribution < -0.4 is 0 Å². The highest BCUT2D eigenvalue weighted by Crippen LogP contribution is 2.13. The van der Waals surface area contributed by atoms with E-state index in [9.17, 15) is 4.79 Å². The molecule has 4 nitrogen and oxygen atoms in total. The molecule has 0 radical (unpaired) electrons. The Hall–Kier alpha value is -0.770. The van der Waals surface area contributed by atoms with Crippen molar-refractivity contribution in [2.45, 2.75) is 58.2 Å². The van der Waals surface area contributed by atoms with Gasteiger partial charge in [0.05, 0.1) is 6.10 Å². The van der Waals surface area contributed by atoms with Crippen molar-refractivity contribution >= 4 is 6.16 Å². The Bertz CT molecular complexity index is 170. The first-order chi connectivity index (χ1) is 7.11. The van der Waals surface area contributed by atoms with E-state index in [4.69, 9.17) is 9.84 Å². The van der Waals surface area contributed by atoms with Gasteiger partial charge in [-0.2, -0.15) is 0 Å². The second-order valence-electron chi connectivity index (χ2n) is 3.71. The second-order valence-corrected chi connectivity index (χ2v) is 3.71. The highest BCUT2D eigenvalue weighted by Gasteiger charge is 2.19. The number of carboxylic acid groups (broad SMARTS) is 1. The number of hydrogen-bond acceptors (Lipinski definition) is 3. The molecule has 0 heterocycles. The fourth-order valence-corrected chi connectivity index (χ4v) is 1.55. The van der Waals surface area contributed by atoms with Crippen LogP contribution in [-0.2, 0) is 9.47 Å². The van der Waals surface area contributed by atoms with Crippen LogP contribution in [0.5, 0.6) is 0 Å². The smallest absolute Gasteiger partial charge is 0.450 e. The average Bonchev–Trinajstić information content (AvgIpc) is 2.16. The lowest BCUT2D eigenvalue weighted by Gasteiger charge is -2.21. The maximum atomic E-state index is 10.3. The Morgan fingerprint density at radius 2 is 2.00 bits per heavy atom. The Labute approximate surface area is 91.6 Å². The van der Waals surface area contributed by atoms with E-state index in [2.05, 4.69) is 11.7 Å². The molecule has 90 valence electrons. The van der Waals surface area contributed by atoms with E-state index in [0.29, 0.717) is 0 Å². The molecule has 0 aromatic rings. The van der Waals surface area contributed by atoms with E-state index in [1.165, 1.54) is 12.8 Å². The lowest BCUT2D eigenvalue weighted by Crippen LogP contribution is -2.29. The van der Waals surface area contributed by atoms with Crippen LogP contribution >= 0.6 is 0 Å². The molecule has 0 bridgehead atoms. The van der Waals surface area contributed by atoms with Crippen molar-refractivity contribution in [3.63, 3.8) is 0 Å². The van der Waals surface area contributed by atoms with Crippen LogP contribution in [0, 0.1) is 0 Å². The minimum Gasteiger partial charge on any atom is -0.450 e. The molecule has 0 aromatic carbocycles. The third kappa shape index (κ3) is 7.19. The van der Waals surface area contributed by atoms with E-state index in [1.807, 2.05) is 0 Å². The highest BCUT2D eigenvalue weighted by atomic mass is 16.7. The molecule has 1 N–H and O–H groups in total. The van der Waals surface area contributed by atoms with Crippen molar-refractivity contribution < 1.29 is 19.4 Å². The standard InChI is InChI=1S/C11H22O4/c1-4-5-6-7-8-10(14-3)9(2)15-11(12)13/h9-10H,4-8H2,1-3H3,(H,12,13). The normalized spacial score (nSPS) is 14.6. The van der Waals surface area contributed by atoms with E-state index < -0.39 is 12.3 Å². The van der Waals surface area contributed by atoms with Crippen LogP contribution in [0.2, 0.25) is 0 Å². The molecule has 0 aromatic heterocycles. The predicted molar refractivity (Wildman–Crippen MR) is 58.1 cm³/mol. The van der Waals surface area contributed by atoms with Gasteiger partial charge in [-0.3, -0.25) is 0 Å². The predicted octanol–water partition coefficient (Wildman–Crippen LogP) is 3.05. The van der Waals surface area contributed by atoms with Crippen molar-refractivity contribution in [2.75, 3.05) is 7.11 Å². The lowest BCUT2D eigenvalue weighted by atomic mass is 10.1. The summed E-state index contributed by atoms with van der Waals surface area (Å²) < 4.78 is 9.86. The second kappa shape index (κ2) is 8.53. The molecule has 0 aliphatic heterocycles. The number of hydrogen-bond donors (Lipinski definition) is 1. The summed E-state index contributed by atoms with van der Waals surface area (Å²) in [5, 5.41) is 8.46. The number of rotatable bonds is 8. The molecule has 0 amide bonds. The lowest BCUT2D eigenvalue weighted by molar-refractivity contribution is -0.0338. The molecule has 0 spiro atoms. The zero-order valence-electron chi connectivity index (χ0n) is 9.86. The van der Waals surface area contributed by atoms with Crippen LogP contribution in [0.3, 0.4) is 0 Å². The van der Waals surface area contributed by atoms with Crippen molar-refractivity contribution in [2.24, 2.45) is 0 Å². The average molecular weight is 218 g/mol. The van der Waals surface area contributed by atoms with E-state index in [-0.39, 0.29) is 6.10 Å². The summed E-state index contributed by atoms with van der Waals surface area (Å²) >= 11 is 0. The molecule has 0 aliphatic rings. The van der Waals surface area contributed by atoms with Crippen molar-refractivity contribution in [3.05, 3.63) is 0 Å². The molecular formula is C11H22O4. The van der Waals surface area contributed by atoms with E-state index in [0.717, 1.165) is 19.3 Å². The molecule has 0 saturated heterocycles. The van der Waals surface area contributed by atoms with Crippen molar-refractivity contribution in [3.8, 4) is 0 Å². The fraction of sp³-hybridized carbons (Fsp3) is 0.909. The van der Waals surface area contributed by atoms with Crippen molar-refractivity contribution in [1.29, 1.82) is 0 Å². The third-order valence-electron chi connectivity index (χ3n) is 2.46. The Morgan fingerprint density at radius 1 is 1.33 bits per heavy atom. The quantitative estimate of drug-likeness (QED) is 0.502. The van der Waals surface area contributed by atoms with Crippen LogP contribution in [0.15, 0.2) is 0 Å². The van der Waals surface area contributed by atoms with Gasteiger partial charge in [-0.1, -0.05) is 32.6 Å².